The summed E-state index contributed by atoms with van der Waals surface area (Å²) in [4.78, 5) is 28.9. The zero-order valence-electron chi connectivity index (χ0n) is 12.9. The van der Waals surface area contributed by atoms with Gasteiger partial charge in [-0.1, -0.05) is 11.6 Å². The van der Waals surface area contributed by atoms with E-state index >= 15 is 0 Å². The molecule has 2 fully saturated rings. The number of aliphatic hydroxyl groups excluding tert-OH is 1. The minimum Gasteiger partial charge on any atom is -0.391 e. The molecule has 23 heavy (non-hydrogen) atoms. The number of carbonyl (C=O) groups is 2. The molecule has 0 aliphatic carbocycles. The van der Waals surface area contributed by atoms with Crippen molar-refractivity contribution in [3.8, 4) is 0 Å². The fourth-order valence-electron chi connectivity index (χ4n) is 3.49. The summed E-state index contributed by atoms with van der Waals surface area (Å²) in [5, 5.41) is 9.59. The summed E-state index contributed by atoms with van der Waals surface area (Å²) < 4.78 is 0. The molecule has 124 valence electrons. The molecule has 0 radical (unpaired) electrons. The van der Waals surface area contributed by atoms with Gasteiger partial charge in [0, 0.05) is 5.02 Å². The van der Waals surface area contributed by atoms with Gasteiger partial charge >= 0.3 is 0 Å². The molecule has 1 aromatic carbocycles. The van der Waals surface area contributed by atoms with Crippen LogP contribution in [0, 0.1) is 0 Å². The second-order valence-corrected chi connectivity index (χ2v) is 6.62. The lowest BCUT2D eigenvalue weighted by molar-refractivity contribution is -1.02. The van der Waals surface area contributed by atoms with Crippen LogP contribution in [0.2, 0.25) is 5.02 Å². The molecule has 2 amide bonds. The molecule has 2 heterocycles. The van der Waals surface area contributed by atoms with Crippen LogP contribution in [0.5, 0.6) is 0 Å². The Morgan fingerprint density at radius 1 is 1.13 bits per heavy atom. The highest BCUT2D eigenvalue weighted by Gasteiger charge is 2.46. The van der Waals surface area contributed by atoms with E-state index in [9.17, 15) is 9.59 Å². The van der Waals surface area contributed by atoms with Crippen molar-refractivity contribution in [2.24, 2.45) is 0 Å². The van der Waals surface area contributed by atoms with E-state index in [1.807, 2.05) is 0 Å². The Morgan fingerprint density at radius 3 is 2.39 bits per heavy atom. The number of hydrogen-bond donors (Lipinski definition) is 3. The third kappa shape index (κ3) is 3.40. The summed E-state index contributed by atoms with van der Waals surface area (Å²) in [7, 11) is 0. The molecule has 2 saturated heterocycles. The third-order valence-corrected chi connectivity index (χ3v) is 5.04. The van der Waals surface area contributed by atoms with E-state index in [0.717, 1.165) is 32.7 Å². The lowest BCUT2D eigenvalue weighted by Crippen LogP contribution is -3.30. The first kappa shape index (κ1) is 16.4. The lowest BCUT2D eigenvalue weighted by Gasteiger charge is -2.31. The fourth-order valence-corrected chi connectivity index (χ4v) is 3.62. The van der Waals surface area contributed by atoms with Gasteiger partial charge in [-0.15, -0.1) is 0 Å². The van der Waals surface area contributed by atoms with E-state index in [1.165, 1.54) is 14.7 Å². The molecule has 6 nitrogen and oxygen atoms in total. The van der Waals surface area contributed by atoms with Crippen LogP contribution >= 0.6 is 11.6 Å². The molecule has 0 spiro atoms. The maximum absolute atomic E-state index is 12.7. The number of halogens is 1. The molecule has 0 unspecified atom stereocenters. The van der Waals surface area contributed by atoms with E-state index in [-0.39, 0.29) is 30.9 Å². The number of piperazine rings is 1. The lowest BCUT2D eigenvalue weighted by atomic mass is 10.1. The van der Waals surface area contributed by atoms with Crippen LogP contribution in [0.4, 0.5) is 5.69 Å². The van der Waals surface area contributed by atoms with Gasteiger partial charge in [-0.05, 0) is 24.3 Å². The third-order valence-electron chi connectivity index (χ3n) is 4.79. The van der Waals surface area contributed by atoms with Crippen LogP contribution in [-0.2, 0) is 9.59 Å². The number of imide groups is 1. The second-order valence-electron chi connectivity index (χ2n) is 6.18. The summed E-state index contributed by atoms with van der Waals surface area (Å²) in [6.45, 7) is 4.50. The highest BCUT2D eigenvalue weighted by Crippen LogP contribution is 2.23. The minimum atomic E-state index is -0.283. The largest absolute Gasteiger partial charge is 0.391 e. The van der Waals surface area contributed by atoms with Crippen molar-refractivity contribution in [3.63, 3.8) is 0 Å². The van der Waals surface area contributed by atoms with E-state index < -0.39 is 0 Å². The molecule has 7 heteroatoms. The zero-order chi connectivity index (χ0) is 16.4. The maximum atomic E-state index is 12.7. The second kappa shape index (κ2) is 6.97. The average molecular weight is 340 g/mol. The number of rotatable bonds is 4. The van der Waals surface area contributed by atoms with Crippen molar-refractivity contribution >= 4 is 29.1 Å². The number of amides is 2. The van der Waals surface area contributed by atoms with Gasteiger partial charge in [-0.3, -0.25) is 9.59 Å². The molecule has 1 atom stereocenters. The van der Waals surface area contributed by atoms with Gasteiger partial charge in [0.2, 0.25) is 5.91 Å². The molecule has 0 aromatic heterocycles. The summed E-state index contributed by atoms with van der Waals surface area (Å²) in [5.74, 6) is -0.252. The van der Waals surface area contributed by atoms with Crippen molar-refractivity contribution in [3.05, 3.63) is 29.3 Å². The highest BCUT2D eigenvalue weighted by atomic mass is 35.5. The van der Waals surface area contributed by atoms with Gasteiger partial charge < -0.3 is 14.9 Å². The summed E-state index contributed by atoms with van der Waals surface area (Å²) in [6.07, 6.45) is 0.270. The van der Waals surface area contributed by atoms with Crippen LogP contribution in [0.15, 0.2) is 24.3 Å². The monoisotopic (exact) mass is 339 g/mol. The Hall–Kier alpha value is -1.47. The molecule has 0 saturated carbocycles. The van der Waals surface area contributed by atoms with E-state index in [1.54, 1.807) is 24.3 Å². The summed E-state index contributed by atoms with van der Waals surface area (Å²) in [5.41, 5.74) is 0.593. The summed E-state index contributed by atoms with van der Waals surface area (Å²) in [6, 6.07) is 6.51. The first-order valence-corrected chi connectivity index (χ1v) is 8.39. The Labute approximate surface area is 140 Å². The standard InChI is InChI=1S/C16H20ClN3O3/c17-12-1-3-13(4-2-12)20-15(22)11-14(16(20)23)19-7-5-18(6-8-19)9-10-21/h1-4,14,21H,5-11H2/p+2/t14-/m0/s1. The van der Waals surface area contributed by atoms with Gasteiger partial charge in [0.15, 0.2) is 6.04 Å². The van der Waals surface area contributed by atoms with Crippen LogP contribution in [-0.4, -0.2) is 62.3 Å². The molecular weight excluding hydrogens is 318 g/mol. The molecule has 0 bridgehead atoms. The van der Waals surface area contributed by atoms with E-state index in [4.69, 9.17) is 16.7 Å². The van der Waals surface area contributed by atoms with Crippen LogP contribution in [0.1, 0.15) is 6.42 Å². The predicted molar refractivity (Wildman–Crippen MR) is 85.7 cm³/mol. The Bertz CT molecular complexity index is 585. The number of nitrogens with zero attached hydrogens (tertiary/aromatic N) is 1. The minimum absolute atomic E-state index is 0.113. The Morgan fingerprint density at radius 2 is 1.78 bits per heavy atom. The van der Waals surface area contributed by atoms with Gasteiger partial charge in [0.25, 0.3) is 5.91 Å². The normalized spacial score (nSPS) is 28.4. The first-order valence-electron chi connectivity index (χ1n) is 8.01. The van der Waals surface area contributed by atoms with Gasteiger partial charge in [0.1, 0.15) is 32.7 Å². The maximum Gasteiger partial charge on any atom is 0.292 e. The molecule has 2 aliphatic rings. The molecule has 1 aromatic rings. The Balaban J connectivity index is 1.68. The number of benzene rings is 1. The number of anilines is 1. The van der Waals surface area contributed by atoms with Crippen molar-refractivity contribution in [2.75, 3.05) is 44.2 Å². The smallest absolute Gasteiger partial charge is 0.292 e. The quantitative estimate of drug-likeness (QED) is 0.543. The number of aliphatic hydroxyl groups is 1. The van der Waals surface area contributed by atoms with E-state index in [2.05, 4.69) is 0 Å². The molecule has 3 rings (SSSR count). The highest BCUT2D eigenvalue weighted by molar-refractivity contribution is 6.30. The topological polar surface area (TPSA) is 66.5 Å². The van der Waals surface area contributed by atoms with Crippen LogP contribution < -0.4 is 14.7 Å². The molecular formula is C16H22ClN3O3+2. The number of hydrogen-bond acceptors (Lipinski definition) is 3. The number of carbonyl (C=O) groups excluding carboxylic acids is 2. The zero-order valence-corrected chi connectivity index (χ0v) is 13.7. The SMILES string of the molecule is O=C1C[C@H]([NH+]2CC[NH+](CCO)CC2)C(=O)N1c1ccc(Cl)cc1. The Kier molecular flexibility index (Phi) is 4.96. The van der Waals surface area contributed by atoms with Gasteiger partial charge in [-0.2, -0.15) is 0 Å². The van der Waals surface area contributed by atoms with Crippen molar-refractivity contribution in [2.45, 2.75) is 12.5 Å². The predicted octanol–water partition coefficient (Wildman–Crippen LogP) is -2.25. The van der Waals surface area contributed by atoms with Crippen LogP contribution in [0.25, 0.3) is 0 Å². The first-order chi connectivity index (χ1) is 11.1. The van der Waals surface area contributed by atoms with Gasteiger partial charge in [-0.25, -0.2) is 4.90 Å². The molecule has 2 aliphatic heterocycles. The van der Waals surface area contributed by atoms with Gasteiger partial charge in [0.05, 0.1) is 18.7 Å². The van der Waals surface area contributed by atoms with Crippen molar-refractivity contribution in [1.29, 1.82) is 0 Å². The van der Waals surface area contributed by atoms with Crippen molar-refractivity contribution in [1.82, 2.24) is 0 Å². The van der Waals surface area contributed by atoms with Crippen LogP contribution in [0.3, 0.4) is 0 Å². The van der Waals surface area contributed by atoms with E-state index in [0.29, 0.717) is 10.7 Å². The summed E-state index contributed by atoms with van der Waals surface area (Å²) >= 11 is 5.87. The number of quaternary nitrogens is 2. The number of nitrogens with one attached hydrogen (secondary N) is 2. The molecule has 3 N–H and O–H groups in total. The van der Waals surface area contributed by atoms with Crippen molar-refractivity contribution < 1.29 is 24.5 Å². The fraction of sp³-hybridized carbons (Fsp3) is 0.500. The average Bonchev–Trinajstić information content (AvgIpc) is 2.84.